The lowest BCUT2D eigenvalue weighted by atomic mass is 9.86. The van der Waals surface area contributed by atoms with E-state index in [0.717, 1.165) is 0 Å². The number of nitrogens with one attached hydrogen (secondary N) is 1. The maximum Gasteiger partial charge on any atom is 0.308 e. The number of carboxylic acid groups (broad SMARTS) is 1. The summed E-state index contributed by atoms with van der Waals surface area (Å²) in [5, 5.41) is 11.6. The van der Waals surface area contributed by atoms with Crippen LogP contribution in [-0.2, 0) is 9.59 Å². The summed E-state index contributed by atoms with van der Waals surface area (Å²) < 4.78 is 25.9. The molecule has 0 bridgehead atoms. The summed E-state index contributed by atoms with van der Waals surface area (Å²) in [6.07, 6.45) is -0.203. The smallest absolute Gasteiger partial charge is 0.308 e. The Bertz CT molecular complexity index is 335. The number of aliphatic carboxylic acids is 1. The molecule has 2 N–H and O–H groups in total. The Hall–Kier alpha value is -1.20. The first-order valence-corrected chi connectivity index (χ1v) is 6.61. The number of carbonyl (C=O) groups excluding carboxylic acids is 1. The van der Waals surface area contributed by atoms with Crippen molar-refractivity contribution in [3.05, 3.63) is 0 Å². The van der Waals surface area contributed by atoms with Crippen LogP contribution in [0.4, 0.5) is 8.78 Å². The number of rotatable bonds is 5. The molecule has 0 aromatic heterocycles. The fourth-order valence-electron chi connectivity index (χ4n) is 2.27. The topological polar surface area (TPSA) is 66.4 Å². The van der Waals surface area contributed by atoms with Crippen LogP contribution < -0.4 is 5.32 Å². The third-order valence-corrected chi connectivity index (χ3v) is 3.71. The predicted molar refractivity (Wildman–Crippen MR) is 65.9 cm³/mol. The largest absolute Gasteiger partial charge is 0.481 e. The summed E-state index contributed by atoms with van der Waals surface area (Å²) in [6.45, 7) is 3.59. The number of hydrogen-bond acceptors (Lipinski definition) is 2. The van der Waals surface area contributed by atoms with E-state index in [1.165, 1.54) is 0 Å². The van der Waals surface area contributed by atoms with E-state index < -0.39 is 23.7 Å². The summed E-state index contributed by atoms with van der Waals surface area (Å²) in [5.41, 5.74) is 0. The summed E-state index contributed by atoms with van der Waals surface area (Å²) in [6, 6.07) is 0. The monoisotopic (exact) mass is 277 g/mol. The summed E-state index contributed by atoms with van der Waals surface area (Å²) >= 11 is 0. The number of carbonyl (C=O) groups is 2. The average molecular weight is 277 g/mol. The molecule has 0 spiro atoms. The highest BCUT2D eigenvalue weighted by Crippen LogP contribution is 2.36. The molecule has 1 aliphatic rings. The van der Waals surface area contributed by atoms with Crippen molar-refractivity contribution in [2.24, 2.45) is 17.8 Å². The molecule has 1 unspecified atom stereocenters. The van der Waals surface area contributed by atoms with Crippen LogP contribution in [0.15, 0.2) is 0 Å². The average Bonchev–Trinajstić information content (AvgIpc) is 2.27. The lowest BCUT2D eigenvalue weighted by molar-refractivity contribution is -0.143. The molecule has 0 aromatic rings. The van der Waals surface area contributed by atoms with Crippen molar-refractivity contribution in [1.82, 2.24) is 5.32 Å². The first-order chi connectivity index (χ1) is 8.73. The fourth-order valence-corrected chi connectivity index (χ4v) is 2.27. The van der Waals surface area contributed by atoms with Crippen LogP contribution in [0.5, 0.6) is 0 Å². The lowest BCUT2D eigenvalue weighted by Gasteiger charge is -2.28. The van der Waals surface area contributed by atoms with Gasteiger partial charge in [0, 0.05) is 25.3 Å². The number of alkyl halides is 2. The van der Waals surface area contributed by atoms with Crippen molar-refractivity contribution < 1.29 is 23.5 Å². The second-order valence-electron chi connectivity index (χ2n) is 5.56. The molecule has 0 heterocycles. The van der Waals surface area contributed by atoms with Gasteiger partial charge in [-0.15, -0.1) is 0 Å². The Morgan fingerprint density at radius 2 is 1.84 bits per heavy atom. The molecule has 1 saturated carbocycles. The van der Waals surface area contributed by atoms with Crippen molar-refractivity contribution in [3.63, 3.8) is 0 Å². The molecule has 1 rings (SSSR count). The Morgan fingerprint density at radius 3 is 2.26 bits per heavy atom. The third-order valence-electron chi connectivity index (χ3n) is 3.71. The highest BCUT2D eigenvalue weighted by molar-refractivity contribution is 5.79. The molecular weight excluding hydrogens is 256 g/mol. The summed E-state index contributed by atoms with van der Waals surface area (Å²) in [5.74, 6) is -5.06. The van der Waals surface area contributed by atoms with Crippen molar-refractivity contribution in [1.29, 1.82) is 0 Å². The van der Waals surface area contributed by atoms with Crippen LogP contribution in [0.25, 0.3) is 0 Å². The maximum absolute atomic E-state index is 13.0. The molecule has 6 heteroatoms. The zero-order valence-corrected chi connectivity index (χ0v) is 11.3. The second kappa shape index (κ2) is 6.30. The van der Waals surface area contributed by atoms with E-state index in [0.29, 0.717) is 0 Å². The molecule has 1 fully saturated rings. The SMILES string of the molecule is CC(C)C(CNC(=O)C1CCC(F)(F)CC1)C(=O)O. The van der Waals surface area contributed by atoms with Gasteiger partial charge in [-0.3, -0.25) is 9.59 Å². The Morgan fingerprint density at radius 1 is 1.32 bits per heavy atom. The van der Waals surface area contributed by atoms with Crippen molar-refractivity contribution >= 4 is 11.9 Å². The minimum atomic E-state index is -2.65. The maximum atomic E-state index is 13.0. The van der Waals surface area contributed by atoms with E-state index >= 15 is 0 Å². The van der Waals surface area contributed by atoms with Gasteiger partial charge in [0.1, 0.15) is 0 Å². The van der Waals surface area contributed by atoms with Gasteiger partial charge >= 0.3 is 5.97 Å². The fraction of sp³-hybridized carbons (Fsp3) is 0.846. The van der Waals surface area contributed by atoms with Crippen LogP contribution in [0.2, 0.25) is 0 Å². The molecule has 0 saturated heterocycles. The predicted octanol–water partition coefficient (Wildman–Crippen LogP) is 2.28. The first kappa shape index (κ1) is 15.9. The Kier molecular flexibility index (Phi) is 5.26. The van der Waals surface area contributed by atoms with Crippen molar-refractivity contribution in [2.45, 2.75) is 45.5 Å². The molecule has 1 atom stereocenters. The Balaban J connectivity index is 2.41. The van der Waals surface area contributed by atoms with Crippen LogP contribution in [-0.4, -0.2) is 29.5 Å². The Labute approximate surface area is 111 Å². The molecule has 110 valence electrons. The van der Waals surface area contributed by atoms with E-state index in [1.54, 1.807) is 13.8 Å². The molecule has 1 amide bonds. The van der Waals surface area contributed by atoms with E-state index in [2.05, 4.69) is 5.32 Å². The lowest BCUT2D eigenvalue weighted by Crippen LogP contribution is -2.40. The molecule has 1 aliphatic carbocycles. The number of halogens is 2. The summed E-state index contributed by atoms with van der Waals surface area (Å²) in [7, 11) is 0. The van der Waals surface area contributed by atoms with Gasteiger partial charge < -0.3 is 10.4 Å². The van der Waals surface area contributed by atoms with Crippen molar-refractivity contribution in [3.8, 4) is 0 Å². The molecule has 4 nitrogen and oxygen atoms in total. The minimum Gasteiger partial charge on any atom is -0.481 e. The van der Waals surface area contributed by atoms with Gasteiger partial charge in [0.25, 0.3) is 0 Å². The van der Waals surface area contributed by atoms with Gasteiger partial charge in [0.05, 0.1) is 5.92 Å². The van der Waals surface area contributed by atoms with E-state index in [-0.39, 0.29) is 44.1 Å². The van der Waals surface area contributed by atoms with Crippen LogP contribution in [0.3, 0.4) is 0 Å². The van der Waals surface area contributed by atoms with Gasteiger partial charge in [-0.25, -0.2) is 8.78 Å². The highest BCUT2D eigenvalue weighted by atomic mass is 19.3. The van der Waals surface area contributed by atoms with Gasteiger partial charge in [-0.1, -0.05) is 13.8 Å². The van der Waals surface area contributed by atoms with Gasteiger partial charge in [-0.05, 0) is 18.8 Å². The van der Waals surface area contributed by atoms with E-state index in [9.17, 15) is 18.4 Å². The zero-order chi connectivity index (χ0) is 14.6. The number of hydrogen-bond donors (Lipinski definition) is 2. The van der Waals surface area contributed by atoms with Gasteiger partial charge in [0.15, 0.2) is 0 Å². The first-order valence-electron chi connectivity index (χ1n) is 6.61. The second-order valence-corrected chi connectivity index (χ2v) is 5.56. The van der Waals surface area contributed by atoms with Crippen LogP contribution in [0.1, 0.15) is 39.5 Å². The minimum absolute atomic E-state index is 0.0543. The van der Waals surface area contributed by atoms with Crippen LogP contribution >= 0.6 is 0 Å². The molecular formula is C13H21F2NO3. The van der Waals surface area contributed by atoms with Crippen LogP contribution in [0, 0.1) is 17.8 Å². The normalized spacial score (nSPS) is 21.1. The molecule has 0 radical (unpaired) electrons. The van der Waals surface area contributed by atoms with E-state index in [4.69, 9.17) is 5.11 Å². The summed E-state index contributed by atoms with van der Waals surface area (Å²) in [4.78, 5) is 22.8. The zero-order valence-electron chi connectivity index (χ0n) is 11.3. The third kappa shape index (κ3) is 4.76. The quantitative estimate of drug-likeness (QED) is 0.810. The molecule has 0 aliphatic heterocycles. The van der Waals surface area contributed by atoms with Crippen molar-refractivity contribution in [2.75, 3.05) is 6.54 Å². The standard InChI is InChI=1S/C13H21F2NO3/c1-8(2)10(12(18)19)7-16-11(17)9-3-5-13(14,15)6-4-9/h8-10H,3-7H2,1-2H3,(H,16,17)(H,18,19). The number of carboxylic acids is 1. The van der Waals surface area contributed by atoms with Gasteiger partial charge in [-0.2, -0.15) is 0 Å². The molecule has 19 heavy (non-hydrogen) atoms. The van der Waals surface area contributed by atoms with Gasteiger partial charge in [0.2, 0.25) is 11.8 Å². The molecule has 0 aromatic carbocycles. The number of amides is 1. The van der Waals surface area contributed by atoms with E-state index in [1.807, 2.05) is 0 Å². The highest BCUT2D eigenvalue weighted by Gasteiger charge is 2.37.